The molecule has 1 atom stereocenters. The predicted octanol–water partition coefficient (Wildman–Crippen LogP) is 3.95. The molecule has 0 bridgehead atoms. The lowest BCUT2D eigenvalue weighted by molar-refractivity contribution is -0.118. The predicted molar refractivity (Wildman–Crippen MR) is 138 cm³/mol. The third-order valence-corrected chi connectivity index (χ3v) is 6.97. The average Bonchev–Trinajstić information content (AvgIpc) is 2.88. The number of carbonyl (C=O) groups is 1. The van der Waals surface area contributed by atoms with E-state index in [2.05, 4.69) is 31.0 Å². The Bertz CT molecular complexity index is 994. The van der Waals surface area contributed by atoms with E-state index in [4.69, 9.17) is 18.9 Å². The van der Waals surface area contributed by atoms with Crippen LogP contribution in [0.2, 0.25) is 0 Å². The van der Waals surface area contributed by atoms with Crippen molar-refractivity contribution >= 4 is 6.41 Å². The van der Waals surface area contributed by atoms with Crippen LogP contribution in [0, 0.1) is 0 Å². The van der Waals surface area contributed by atoms with E-state index < -0.39 is 0 Å². The van der Waals surface area contributed by atoms with E-state index >= 15 is 0 Å². The first-order chi connectivity index (χ1) is 17.0. The molecule has 0 heterocycles. The molecule has 1 aliphatic carbocycles. The number of ether oxygens (including phenoxy) is 4. The van der Waals surface area contributed by atoms with Gasteiger partial charge in [-0.1, -0.05) is 6.92 Å². The first-order valence-electron chi connectivity index (χ1n) is 12.3. The molecule has 0 spiro atoms. The zero-order valence-corrected chi connectivity index (χ0v) is 22.1. The number of nitrogens with zero attached hydrogens (tertiary/aromatic N) is 2. The molecule has 1 unspecified atom stereocenters. The van der Waals surface area contributed by atoms with Gasteiger partial charge in [-0.15, -0.1) is 0 Å². The smallest absolute Gasteiger partial charge is 0.209 e. The zero-order valence-electron chi connectivity index (χ0n) is 22.1. The van der Waals surface area contributed by atoms with Crippen molar-refractivity contribution in [3.63, 3.8) is 0 Å². The highest BCUT2D eigenvalue weighted by molar-refractivity contribution is 5.53. The lowest BCUT2D eigenvalue weighted by atomic mass is 9.77. The van der Waals surface area contributed by atoms with Gasteiger partial charge in [-0.3, -0.25) is 4.79 Å². The number of benzene rings is 2. The summed E-state index contributed by atoms with van der Waals surface area (Å²) in [6, 6.07) is 8.28. The van der Waals surface area contributed by atoms with Crippen LogP contribution in [0.4, 0.5) is 0 Å². The van der Waals surface area contributed by atoms with E-state index in [0.29, 0.717) is 12.5 Å². The van der Waals surface area contributed by atoms with Crippen molar-refractivity contribution in [2.24, 2.45) is 0 Å². The number of carbonyl (C=O) groups excluding carboxylic acids is 1. The first kappa shape index (κ1) is 26.7. The molecule has 2 aromatic rings. The number of methoxy groups -OCH3 is 4. The number of likely N-dealkylation sites (N-methyl/N-ethyl adjacent to an activating group) is 1. The Morgan fingerprint density at radius 3 is 2.06 bits per heavy atom. The summed E-state index contributed by atoms with van der Waals surface area (Å²) >= 11 is 0. The number of rotatable bonds is 15. The summed E-state index contributed by atoms with van der Waals surface area (Å²) in [5, 5.41) is 0. The molecule has 0 saturated heterocycles. The molecule has 0 saturated carbocycles. The van der Waals surface area contributed by atoms with E-state index in [9.17, 15) is 4.79 Å². The van der Waals surface area contributed by atoms with Gasteiger partial charge in [-0.05, 0) is 85.8 Å². The third-order valence-electron chi connectivity index (χ3n) is 6.97. The van der Waals surface area contributed by atoms with Gasteiger partial charge in [0.05, 0.1) is 28.4 Å². The van der Waals surface area contributed by atoms with Crippen LogP contribution in [0.3, 0.4) is 0 Å². The molecule has 7 heteroatoms. The van der Waals surface area contributed by atoms with Gasteiger partial charge < -0.3 is 28.7 Å². The fraction of sp³-hybridized carbons (Fsp3) is 0.536. The van der Waals surface area contributed by atoms with E-state index in [1.54, 1.807) is 28.4 Å². The summed E-state index contributed by atoms with van der Waals surface area (Å²) in [5.41, 5.74) is 5.12. The van der Waals surface area contributed by atoms with Gasteiger partial charge in [-0.2, -0.15) is 0 Å². The summed E-state index contributed by atoms with van der Waals surface area (Å²) < 4.78 is 21.8. The van der Waals surface area contributed by atoms with Gasteiger partial charge in [0.2, 0.25) is 6.41 Å². The Kier molecular flexibility index (Phi) is 9.66. The molecular weight excluding hydrogens is 444 g/mol. The van der Waals surface area contributed by atoms with Gasteiger partial charge in [0.15, 0.2) is 23.0 Å². The minimum absolute atomic E-state index is 0.509. The second-order valence-electron chi connectivity index (χ2n) is 9.14. The molecule has 0 N–H and O–H groups in total. The van der Waals surface area contributed by atoms with Crippen LogP contribution in [-0.4, -0.2) is 77.9 Å². The molecular formula is C28H40N2O5. The second kappa shape index (κ2) is 12.7. The van der Waals surface area contributed by atoms with Crippen molar-refractivity contribution in [2.45, 2.75) is 38.5 Å². The third kappa shape index (κ3) is 6.40. The molecule has 1 amide bonds. The van der Waals surface area contributed by atoms with Crippen LogP contribution >= 0.6 is 0 Å². The van der Waals surface area contributed by atoms with Crippen LogP contribution in [0.5, 0.6) is 23.0 Å². The van der Waals surface area contributed by atoms with E-state index in [-0.39, 0.29) is 0 Å². The highest BCUT2D eigenvalue weighted by Crippen LogP contribution is 2.42. The minimum atomic E-state index is 0.509. The van der Waals surface area contributed by atoms with Gasteiger partial charge in [0, 0.05) is 25.6 Å². The van der Waals surface area contributed by atoms with Crippen LogP contribution in [0.1, 0.15) is 41.5 Å². The lowest BCUT2D eigenvalue weighted by Crippen LogP contribution is -2.33. The van der Waals surface area contributed by atoms with Crippen molar-refractivity contribution in [1.29, 1.82) is 0 Å². The van der Waals surface area contributed by atoms with Crippen molar-refractivity contribution in [3.8, 4) is 23.0 Å². The van der Waals surface area contributed by atoms with Gasteiger partial charge in [0.1, 0.15) is 0 Å². The highest BCUT2D eigenvalue weighted by Gasteiger charge is 2.29. The molecule has 35 heavy (non-hydrogen) atoms. The maximum atomic E-state index is 11.7. The van der Waals surface area contributed by atoms with Crippen LogP contribution in [0.25, 0.3) is 0 Å². The number of hydrogen-bond acceptors (Lipinski definition) is 6. The van der Waals surface area contributed by atoms with Crippen molar-refractivity contribution in [3.05, 3.63) is 46.5 Å². The second-order valence-corrected chi connectivity index (χ2v) is 9.14. The molecule has 7 nitrogen and oxygen atoms in total. The fourth-order valence-corrected chi connectivity index (χ4v) is 4.92. The maximum absolute atomic E-state index is 11.7. The average molecular weight is 485 g/mol. The van der Waals surface area contributed by atoms with E-state index in [1.807, 2.05) is 17.0 Å². The Labute approximate surface area is 209 Å². The Morgan fingerprint density at radius 1 is 0.857 bits per heavy atom. The van der Waals surface area contributed by atoms with Crippen molar-refractivity contribution < 1.29 is 23.7 Å². The highest BCUT2D eigenvalue weighted by atomic mass is 16.5. The molecule has 2 aromatic carbocycles. The fourth-order valence-electron chi connectivity index (χ4n) is 4.92. The summed E-state index contributed by atoms with van der Waals surface area (Å²) in [6.07, 6.45) is 4.67. The van der Waals surface area contributed by atoms with Crippen LogP contribution in [0.15, 0.2) is 24.3 Å². The normalized spacial score (nSPS) is 14.2. The maximum Gasteiger partial charge on any atom is 0.209 e. The molecule has 0 aromatic heterocycles. The number of amides is 1. The Balaban J connectivity index is 1.47. The molecule has 1 aliphatic rings. The van der Waals surface area contributed by atoms with E-state index in [0.717, 1.165) is 74.7 Å². The van der Waals surface area contributed by atoms with Crippen molar-refractivity contribution in [1.82, 2.24) is 9.80 Å². The summed E-state index contributed by atoms with van der Waals surface area (Å²) in [4.78, 5) is 15.9. The monoisotopic (exact) mass is 484 g/mol. The Morgan fingerprint density at radius 2 is 1.46 bits per heavy atom. The van der Waals surface area contributed by atoms with Crippen LogP contribution in [-0.2, 0) is 24.1 Å². The van der Waals surface area contributed by atoms with Gasteiger partial charge >= 0.3 is 0 Å². The molecule has 0 radical (unpaired) electrons. The van der Waals surface area contributed by atoms with Gasteiger partial charge in [-0.25, -0.2) is 0 Å². The standard InChI is InChI=1S/C28H40N2O5/c1-7-20-14-25(32-3)26(33-4)15-21(20)9-12-30(19-31)11-8-10-29(2)18-23-13-22-16-27(34-5)28(35-6)17-24(22)23/h14-17,19,23H,7-13,18H2,1-6H3. The Hall–Kier alpha value is -2.93. The minimum Gasteiger partial charge on any atom is -0.493 e. The van der Waals surface area contributed by atoms with E-state index in [1.165, 1.54) is 22.3 Å². The quantitative estimate of drug-likeness (QED) is 0.357. The summed E-state index contributed by atoms with van der Waals surface area (Å²) in [6.45, 7) is 5.50. The zero-order chi connectivity index (χ0) is 25.4. The molecule has 3 rings (SSSR count). The molecule has 0 fully saturated rings. The first-order valence-corrected chi connectivity index (χ1v) is 12.3. The lowest BCUT2D eigenvalue weighted by Gasteiger charge is -2.34. The number of fused-ring (bicyclic) bond motifs is 1. The van der Waals surface area contributed by atoms with Crippen molar-refractivity contribution in [2.75, 3.05) is 61.7 Å². The number of aryl methyl sites for hydroxylation is 1. The topological polar surface area (TPSA) is 60.5 Å². The summed E-state index contributed by atoms with van der Waals surface area (Å²) in [5.74, 6) is 3.57. The largest absolute Gasteiger partial charge is 0.493 e. The number of hydrogen-bond donors (Lipinski definition) is 0. The molecule has 192 valence electrons. The SMILES string of the molecule is CCc1cc(OC)c(OC)cc1CCN(C=O)CCCN(C)CC1Cc2cc(OC)c(OC)cc21. The summed E-state index contributed by atoms with van der Waals surface area (Å²) in [7, 11) is 8.81. The van der Waals surface area contributed by atoms with Crippen LogP contribution < -0.4 is 18.9 Å². The molecule has 0 aliphatic heterocycles. The van der Waals surface area contributed by atoms with Gasteiger partial charge in [0.25, 0.3) is 0 Å².